The van der Waals surface area contributed by atoms with E-state index in [1.807, 2.05) is 12.1 Å². The second-order valence-electron chi connectivity index (χ2n) is 5.36. The molecule has 2 N–H and O–H groups in total. The zero-order chi connectivity index (χ0) is 13.0. The molecule has 2 rings (SSSR count). The van der Waals surface area contributed by atoms with Gasteiger partial charge in [-0.2, -0.15) is 0 Å². The zero-order valence-electron chi connectivity index (χ0n) is 11.0. The van der Waals surface area contributed by atoms with Gasteiger partial charge >= 0.3 is 0 Å². The molecule has 0 aromatic heterocycles. The van der Waals surface area contributed by atoms with Crippen LogP contribution < -0.4 is 5.32 Å². The fourth-order valence-electron chi connectivity index (χ4n) is 2.73. The van der Waals surface area contributed by atoms with Gasteiger partial charge in [0.1, 0.15) is 0 Å². The second kappa shape index (κ2) is 6.58. The maximum Gasteiger partial charge on any atom is 0.0715 e. The van der Waals surface area contributed by atoms with Crippen molar-refractivity contribution in [1.82, 2.24) is 0 Å². The predicted molar refractivity (Wildman–Crippen MR) is 80.0 cm³/mol. The lowest BCUT2D eigenvalue weighted by atomic mass is 10.00. The average molecular weight is 312 g/mol. The molecule has 3 heteroatoms. The summed E-state index contributed by atoms with van der Waals surface area (Å²) in [6, 6.07) is 6.15. The van der Waals surface area contributed by atoms with Crippen LogP contribution in [0.15, 0.2) is 22.7 Å². The molecule has 0 heterocycles. The third-order valence-corrected chi connectivity index (χ3v) is 4.85. The maximum absolute atomic E-state index is 10.1. The number of anilines is 1. The van der Waals surface area contributed by atoms with Gasteiger partial charge in [-0.1, -0.05) is 37.8 Å². The first-order valence-electron chi connectivity index (χ1n) is 6.84. The third-order valence-electron chi connectivity index (χ3n) is 3.80. The minimum absolute atomic E-state index is 0.236. The number of aliphatic hydroxyl groups excluding tert-OH is 1. The van der Waals surface area contributed by atoms with Gasteiger partial charge < -0.3 is 10.4 Å². The molecule has 1 saturated carbocycles. The van der Waals surface area contributed by atoms with E-state index >= 15 is 0 Å². The minimum Gasteiger partial charge on any atom is -0.391 e. The molecular weight excluding hydrogens is 290 g/mol. The third kappa shape index (κ3) is 3.72. The van der Waals surface area contributed by atoms with Crippen LogP contribution in [0.2, 0.25) is 0 Å². The second-order valence-corrected chi connectivity index (χ2v) is 6.15. The van der Waals surface area contributed by atoms with E-state index in [0.717, 1.165) is 22.5 Å². The first kappa shape index (κ1) is 13.9. The van der Waals surface area contributed by atoms with Crippen LogP contribution in [0.3, 0.4) is 0 Å². The van der Waals surface area contributed by atoms with Gasteiger partial charge in [0, 0.05) is 16.7 Å². The lowest BCUT2D eigenvalue weighted by molar-refractivity contribution is 0.155. The van der Waals surface area contributed by atoms with Gasteiger partial charge in [0.05, 0.1) is 6.10 Å². The fourth-order valence-corrected chi connectivity index (χ4v) is 3.13. The van der Waals surface area contributed by atoms with Crippen molar-refractivity contribution >= 4 is 21.6 Å². The largest absolute Gasteiger partial charge is 0.391 e. The standard InChI is InChI=1S/C15H22BrNO/c1-11-5-4-8-14(15(11)16)17-10-13(18)9-12-6-2-3-7-12/h4-5,8,12-13,17-18H,2-3,6-7,9-10H2,1H3. The number of rotatable bonds is 5. The van der Waals surface area contributed by atoms with Crippen molar-refractivity contribution < 1.29 is 5.11 Å². The highest BCUT2D eigenvalue weighted by atomic mass is 79.9. The van der Waals surface area contributed by atoms with Crippen molar-refractivity contribution in [3.8, 4) is 0 Å². The van der Waals surface area contributed by atoms with E-state index in [2.05, 4.69) is 34.2 Å². The Bertz CT molecular complexity index is 388. The van der Waals surface area contributed by atoms with Gasteiger partial charge in [-0.3, -0.25) is 0 Å². The molecule has 1 fully saturated rings. The van der Waals surface area contributed by atoms with Crippen LogP contribution in [0.5, 0.6) is 0 Å². The van der Waals surface area contributed by atoms with Gasteiger partial charge in [-0.15, -0.1) is 0 Å². The number of nitrogens with one attached hydrogen (secondary N) is 1. The molecule has 1 aromatic rings. The summed E-state index contributed by atoms with van der Waals surface area (Å²) >= 11 is 3.57. The Morgan fingerprint density at radius 2 is 2.11 bits per heavy atom. The summed E-state index contributed by atoms with van der Waals surface area (Å²) in [5, 5.41) is 13.4. The summed E-state index contributed by atoms with van der Waals surface area (Å²) in [5.74, 6) is 0.739. The molecule has 2 nitrogen and oxygen atoms in total. The molecule has 1 aliphatic rings. The topological polar surface area (TPSA) is 32.3 Å². The summed E-state index contributed by atoms with van der Waals surface area (Å²) in [6.45, 7) is 2.71. The Morgan fingerprint density at radius 1 is 1.39 bits per heavy atom. The van der Waals surface area contributed by atoms with E-state index in [4.69, 9.17) is 0 Å². The highest BCUT2D eigenvalue weighted by molar-refractivity contribution is 9.10. The van der Waals surface area contributed by atoms with Crippen molar-refractivity contribution in [2.75, 3.05) is 11.9 Å². The van der Waals surface area contributed by atoms with Gasteiger partial charge in [0.15, 0.2) is 0 Å². The summed E-state index contributed by atoms with van der Waals surface area (Å²) < 4.78 is 1.10. The quantitative estimate of drug-likeness (QED) is 0.857. The molecule has 1 aromatic carbocycles. The van der Waals surface area contributed by atoms with Crippen LogP contribution >= 0.6 is 15.9 Å². The predicted octanol–water partition coefficient (Wildman–Crippen LogP) is 4.11. The van der Waals surface area contributed by atoms with E-state index in [1.165, 1.54) is 31.2 Å². The molecule has 1 unspecified atom stereocenters. The molecule has 18 heavy (non-hydrogen) atoms. The van der Waals surface area contributed by atoms with Crippen LogP contribution in [0.25, 0.3) is 0 Å². The SMILES string of the molecule is Cc1cccc(NCC(O)CC2CCCC2)c1Br. The molecule has 0 bridgehead atoms. The number of aliphatic hydroxyl groups is 1. The monoisotopic (exact) mass is 311 g/mol. The number of hydrogen-bond acceptors (Lipinski definition) is 2. The Morgan fingerprint density at radius 3 is 2.83 bits per heavy atom. The van der Waals surface area contributed by atoms with Gasteiger partial charge in [-0.25, -0.2) is 0 Å². The van der Waals surface area contributed by atoms with Crippen LogP contribution in [0, 0.1) is 12.8 Å². The van der Waals surface area contributed by atoms with Crippen LogP contribution in [0.4, 0.5) is 5.69 Å². The summed E-state index contributed by atoms with van der Waals surface area (Å²) in [7, 11) is 0. The molecule has 1 aliphatic carbocycles. The molecular formula is C15H22BrNO. The van der Waals surface area contributed by atoms with Gasteiger partial charge in [-0.05, 0) is 46.8 Å². The lowest BCUT2D eigenvalue weighted by Gasteiger charge is -2.17. The van der Waals surface area contributed by atoms with Crippen LogP contribution in [-0.4, -0.2) is 17.8 Å². The van der Waals surface area contributed by atoms with Crippen molar-refractivity contribution in [2.45, 2.75) is 45.1 Å². The maximum atomic E-state index is 10.1. The molecule has 0 amide bonds. The highest BCUT2D eigenvalue weighted by Crippen LogP contribution is 2.29. The number of aryl methyl sites for hydroxylation is 1. The Kier molecular flexibility index (Phi) is 5.07. The number of halogens is 1. The van der Waals surface area contributed by atoms with Crippen molar-refractivity contribution in [3.05, 3.63) is 28.2 Å². The summed E-state index contributed by atoms with van der Waals surface area (Å²) in [6.07, 6.45) is 5.98. The minimum atomic E-state index is -0.236. The first-order valence-corrected chi connectivity index (χ1v) is 7.63. The molecule has 100 valence electrons. The smallest absolute Gasteiger partial charge is 0.0715 e. The fraction of sp³-hybridized carbons (Fsp3) is 0.600. The molecule has 0 radical (unpaired) electrons. The van der Waals surface area contributed by atoms with E-state index in [9.17, 15) is 5.11 Å². The van der Waals surface area contributed by atoms with Gasteiger partial charge in [0.25, 0.3) is 0 Å². The Labute approximate surface area is 118 Å². The van der Waals surface area contributed by atoms with Crippen molar-refractivity contribution in [3.63, 3.8) is 0 Å². The Hall–Kier alpha value is -0.540. The normalized spacial score (nSPS) is 17.9. The van der Waals surface area contributed by atoms with Crippen LogP contribution in [-0.2, 0) is 0 Å². The van der Waals surface area contributed by atoms with E-state index < -0.39 is 0 Å². The summed E-state index contributed by atoms with van der Waals surface area (Å²) in [5.41, 5.74) is 2.28. The van der Waals surface area contributed by atoms with Crippen molar-refractivity contribution in [1.29, 1.82) is 0 Å². The number of benzene rings is 1. The van der Waals surface area contributed by atoms with E-state index in [1.54, 1.807) is 0 Å². The summed E-state index contributed by atoms with van der Waals surface area (Å²) in [4.78, 5) is 0. The molecule has 1 atom stereocenters. The average Bonchev–Trinajstić information content (AvgIpc) is 2.84. The van der Waals surface area contributed by atoms with Crippen LogP contribution in [0.1, 0.15) is 37.7 Å². The van der Waals surface area contributed by atoms with E-state index in [-0.39, 0.29) is 6.10 Å². The molecule has 0 aliphatic heterocycles. The first-order chi connectivity index (χ1) is 8.66. The van der Waals surface area contributed by atoms with E-state index in [0.29, 0.717) is 6.54 Å². The molecule has 0 spiro atoms. The van der Waals surface area contributed by atoms with Crippen molar-refractivity contribution in [2.24, 2.45) is 5.92 Å². The lowest BCUT2D eigenvalue weighted by Crippen LogP contribution is -2.22. The molecule has 0 saturated heterocycles. The van der Waals surface area contributed by atoms with Gasteiger partial charge in [0.2, 0.25) is 0 Å². The highest BCUT2D eigenvalue weighted by Gasteiger charge is 2.18. The zero-order valence-corrected chi connectivity index (χ0v) is 12.5. The Balaban J connectivity index is 1.81. The number of hydrogen-bond donors (Lipinski definition) is 2.